The van der Waals surface area contributed by atoms with Gasteiger partial charge in [0.15, 0.2) is 0 Å². The molecule has 0 saturated carbocycles. The van der Waals surface area contributed by atoms with Gasteiger partial charge in [0.25, 0.3) is 0 Å². The summed E-state index contributed by atoms with van der Waals surface area (Å²) in [5, 5.41) is 0. The van der Waals surface area contributed by atoms with E-state index in [4.69, 9.17) is 0 Å². The molecule has 0 fully saturated rings. The molecule has 0 saturated heterocycles. The molecular weight excluding hydrogens is 154 g/mol. The van der Waals surface area contributed by atoms with Crippen LogP contribution in [0.5, 0.6) is 0 Å². The molecule has 0 radical (unpaired) electrons. The molecule has 0 amide bonds. The third kappa shape index (κ3) is 19.2. The zero-order chi connectivity index (χ0) is 2.71. The maximum absolute atomic E-state index is 4.54. The topological polar surface area (TPSA) is 26.0 Å². The Kier molecular flexibility index (Phi) is 21.1. The molecule has 1 nitrogen and oxygen atoms in total. The van der Waals surface area contributed by atoms with Gasteiger partial charge in [0, 0.05) is 21.1 Å². The van der Waals surface area contributed by atoms with Gasteiger partial charge in [-0.25, -0.2) is 0 Å². The van der Waals surface area contributed by atoms with Crippen LogP contribution in [-0.2, 0) is 21.1 Å². The molecule has 0 aromatic carbocycles. The molecule has 3 heteroatoms. The third-order valence-electron chi connectivity index (χ3n) is 0. The fourth-order valence-corrected chi connectivity index (χ4v) is 0. The van der Waals surface area contributed by atoms with Crippen molar-refractivity contribution in [3.05, 3.63) is 0 Å². The number of hydrogen-bond donors (Lipinski definition) is 1. The zero-order valence-electron chi connectivity index (χ0n) is 1.97. The summed E-state index contributed by atoms with van der Waals surface area (Å²) in [4.78, 5) is 0. The standard InChI is InChI=1S/CH3NS.Mo/c2-1-3;/h1H,(H2,2,3);. The zero-order valence-corrected chi connectivity index (χ0v) is 4.79. The van der Waals surface area contributed by atoms with E-state index in [1.54, 1.807) is 0 Å². The second-order valence-electron chi connectivity index (χ2n) is 0.136. The second kappa shape index (κ2) is 9.55. The van der Waals surface area contributed by atoms with E-state index in [2.05, 4.69) is 18.0 Å². The van der Waals surface area contributed by atoms with Crippen molar-refractivity contribution in [1.29, 1.82) is 0 Å². The van der Waals surface area contributed by atoms with E-state index in [0.717, 1.165) is 5.49 Å². The average molecular weight is 157 g/mol. The number of rotatable bonds is 0. The molecule has 0 aliphatic rings. The minimum Gasteiger partial charge on any atom is -0.396 e. The van der Waals surface area contributed by atoms with E-state index in [0.29, 0.717) is 0 Å². The Bertz CT molecular complexity index is 15.5. The van der Waals surface area contributed by atoms with E-state index >= 15 is 0 Å². The largest absolute Gasteiger partial charge is 0.396 e. The maximum atomic E-state index is 4.54. The molecule has 0 unspecified atom stereocenters. The van der Waals surface area contributed by atoms with Gasteiger partial charge in [0.05, 0.1) is 5.49 Å². The van der Waals surface area contributed by atoms with Crippen LogP contribution in [0.25, 0.3) is 0 Å². The minimum absolute atomic E-state index is 0. The van der Waals surface area contributed by atoms with Crippen LogP contribution in [0.4, 0.5) is 0 Å². The van der Waals surface area contributed by atoms with Crippen LogP contribution < -0.4 is 5.73 Å². The smallest absolute Gasteiger partial charge is 0.0588 e. The quantitative estimate of drug-likeness (QED) is 0.392. The first-order chi connectivity index (χ1) is 1.41. The molecule has 0 aliphatic heterocycles. The monoisotopic (exact) mass is 159 g/mol. The van der Waals surface area contributed by atoms with Gasteiger partial charge >= 0.3 is 0 Å². The summed E-state index contributed by atoms with van der Waals surface area (Å²) in [6.45, 7) is 0. The van der Waals surface area contributed by atoms with Crippen molar-refractivity contribution in [2.45, 2.75) is 0 Å². The van der Waals surface area contributed by atoms with Crippen LogP contribution in [0, 0.1) is 0 Å². The Labute approximate surface area is 44.8 Å². The Morgan fingerprint density at radius 1 is 1.75 bits per heavy atom. The predicted molar refractivity (Wildman–Crippen MR) is 17.8 cm³/mol. The van der Waals surface area contributed by atoms with Crippen LogP contribution in [0.2, 0.25) is 0 Å². The van der Waals surface area contributed by atoms with Crippen LogP contribution in [0.15, 0.2) is 0 Å². The normalized spacial score (nSPS) is 3.00. The predicted octanol–water partition coefficient (Wildman–Crippen LogP) is -0.100. The van der Waals surface area contributed by atoms with E-state index in [9.17, 15) is 0 Å². The third-order valence-corrected chi connectivity index (χ3v) is 0. The fourth-order valence-electron chi connectivity index (χ4n) is 0. The molecule has 0 heterocycles. The van der Waals surface area contributed by atoms with Gasteiger partial charge in [-0.15, -0.1) is 0 Å². The minimum atomic E-state index is 0. The van der Waals surface area contributed by atoms with Gasteiger partial charge in [-0.3, -0.25) is 0 Å². The van der Waals surface area contributed by atoms with Crippen LogP contribution >= 0.6 is 12.2 Å². The van der Waals surface area contributed by atoms with E-state index in [1.807, 2.05) is 0 Å². The van der Waals surface area contributed by atoms with Gasteiger partial charge in [-0.05, 0) is 0 Å². The maximum Gasteiger partial charge on any atom is 0.0588 e. The molecule has 0 bridgehead atoms. The number of thiocarbonyl (C=S) groups is 1. The molecule has 0 spiro atoms. The summed E-state index contributed by atoms with van der Waals surface area (Å²) in [7, 11) is 0. The fraction of sp³-hybridized carbons (Fsp3) is 0. The van der Waals surface area contributed by atoms with Crippen LogP contribution in [0.1, 0.15) is 0 Å². The van der Waals surface area contributed by atoms with Gasteiger partial charge < -0.3 is 5.73 Å². The first-order valence-electron chi connectivity index (χ1n) is 0.569. The molecule has 0 aliphatic carbocycles. The summed E-state index contributed by atoms with van der Waals surface area (Å²) in [6, 6.07) is 0. The van der Waals surface area contributed by atoms with Gasteiger partial charge in [0.1, 0.15) is 0 Å². The molecular formula is CH3MoNS. The molecule has 0 atom stereocenters. The van der Waals surface area contributed by atoms with Crippen molar-refractivity contribution in [2.24, 2.45) is 5.73 Å². The summed E-state index contributed by atoms with van der Waals surface area (Å²) >= 11 is 4.05. The van der Waals surface area contributed by atoms with E-state index < -0.39 is 0 Å². The first kappa shape index (κ1) is 8.82. The second-order valence-corrected chi connectivity index (χ2v) is 0.408. The van der Waals surface area contributed by atoms with E-state index in [1.165, 1.54) is 0 Å². The van der Waals surface area contributed by atoms with Gasteiger partial charge in [0.2, 0.25) is 0 Å². The summed E-state index contributed by atoms with van der Waals surface area (Å²) < 4.78 is 0. The van der Waals surface area contributed by atoms with Crippen molar-refractivity contribution < 1.29 is 21.1 Å². The number of hydrogen-bond acceptors (Lipinski definition) is 1. The van der Waals surface area contributed by atoms with Gasteiger partial charge in [-0.2, -0.15) is 0 Å². The number of nitrogens with two attached hydrogens (primary N) is 1. The summed E-state index contributed by atoms with van der Waals surface area (Å²) in [5.41, 5.74) is 5.62. The Morgan fingerprint density at radius 2 is 1.75 bits per heavy atom. The Morgan fingerprint density at radius 3 is 1.75 bits per heavy atom. The van der Waals surface area contributed by atoms with Crippen molar-refractivity contribution >= 4 is 17.7 Å². The molecule has 24 valence electrons. The molecule has 0 rings (SSSR count). The van der Waals surface area contributed by atoms with Crippen LogP contribution in [0.3, 0.4) is 0 Å². The molecule has 4 heavy (non-hydrogen) atoms. The summed E-state index contributed by atoms with van der Waals surface area (Å²) in [5.74, 6) is 0. The molecule has 0 aromatic rings. The molecule has 0 aromatic heterocycles. The molecule has 2 N–H and O–H groups in total. The van der Waals surface area contributed by atoms with Crippen molar-refractivity contribution in [3.8, 4) is 0 Å². The van der Waals surface area contributed by atoms with Crippen molar-refractivity contribution in [3.63, 3.8) is 0 Å². The average Bonchev–Trinajstić information content (AvgIpc) is 0.918. The van der Waals surface area contributed by atoms with E-state index in [-0.39, 0.29) is 21.1 Å². The van der Waals surface area contributed by atoms with Gasteiger partial charge in [-0.1, -0.05) is 12.2 Å². The van der Waals surface area contributed by atoms with Crippen LogP contribution in [-0.4, -0.2) is 5.49 Å². The SMILES string of the molecule is NC=S.[Mo]. The van der Waals surface area contributed by atoms with Crippen molar-refractivity contribution in [2.75, 3.05) is 0 Å². The Balaban J connectivity index is 0. The first-order valence-corrected chi connectivity index (χ1v) is 1.04. The Hall–Kier alpha value is 0.578. The summed E-state index contributed by atoms with van der Waals surface area (Å²) in [6.07, 6.45) is 0. The van der Waals surface area contributed by atoms with Crippen molar-refractivity contribution in [1.82, 2.24) is 0 Å².